The second-order valence-corrected chi connectivity index (χ2v) is 8.19. The van der Waals surface area contributed by atoms with Gasteiger partial charge < -0.3 is 20.7 Å². The van der Waals surface area contributed by atoms with Crippen LogP contribution in [-0.2, 0) is 0 Å². The molecule has 1 unspecified atom stereocenters. The number of hydrogen-bond acceptors (Lipinski definition) is 4. The van der Waals surface area contributed by atoms with Gasteiger partial charge in [0.2, 0.25) is 0 Å². The summed E-state index contributed by atoms with van der Waals surface area (Å²) < 4.78 is 6.89. The fraction of sp³-hybridized carbons (Fsp3) is 0.562. The van der Waals surface area contributed by atoms with Crippen molar-refractivity contribution >= 4 is 50.1 Å². The summed E-state index contributed by atoms with van der Waals surface area (Å²) in [6.07, 6.45) is 3.44. The summed E-state index contributed by atoms with van der Waals surface area (Å²) in [5.74, 6) is 0.981. The minimum atomic E-state index is -0.0792. The third-order valence-corrected chi connectivity index (χ3v) is 6.52. The molecule has 2 aliphatic heterocycles. The number of nitrogens with zero attached hydrogens (tertiary/aromatic N) is 1. The molecule has 3 N–H and O–H groups in total. The zero-order valence-electron chi connectivity index (χ0n) is 13.1. The van der Waals surface area contributed by atoms with Gasteiger partial charge in [0.15, 0.2) is 0 Å². The van der Waals surface area contributed by atoms with Crippen molar-refractivity contribution in [1.29, 1.82) is 0 Å². The van der Waals surface area contributed by atoms with Crippen molar-refractivity contribution in [2.75, 3.05) is 32.5 Å². The number of carbonyl (C=O) groups excluding carboxylic acids is 1. The van der Waals surface area contributed by atoms with E-state index in [4.69, 9.17) is 10.5 Å². The molecule has 3 rings (SSSR count). The van der Waals surface area contributed by atoms with Crippen LogP contribution >= 0.6 is 38.5 Å². The van der Waals surface area contributed by atoms with Crippen LogP contribution in [0, 0.1) is 9.49 Å². The van der Waals surface area contributed by atoms with Gasteiger partial charge in [0.05, 0.1) is 22.8 Å². The van der Waals surface area contributed by atoms with Gasteiger partial charge in [0.1, 0.15) is 5.75 Å². The Balaban J connectivity index is 1.81. The second kappa shape index (κ2) is 7.14. The number of benzene rings is 1. The minimum absolute atomic E-state index is 0.0792. The van der Waals surface area contributed by atoms with Gasteiger partial charge in [-0.2, -0.15) is 0 Å². The van der Waals surface area contributed by atoms with Gasteiger partial charge in [-0.15, -0.1) is 0 Å². The third kappa shape index (κ3) is 3.46. The number of halogens is 2. The molecule has 0 saturated carbocycles. The lowest BCUT2D eigenvalue weighted by atomic mass is 9.85. The molecular weight excluding hydrogens is 473 g/mol. The largest absolute Gasteiger partial charge is 0.495 e. The van der Waals surface area contributed by atoms with Crippen LogP contribution in [-0.4, -0.2) is 43.6 Å². The minimum Gasteiger partial charge on any atom is -0.495 e. The number of ether oxygens (including phenoxy) is 1. The highest BCUT2D eigenvalue weighted by Crippen LogP contribution is 2.37. The van der Waals surface area contributed by atoms with E-state index in [1.165, 1.54) is 19.4 Å². The van der Waals surface area contributed by atoms with Crippen molar-refractivity contribution in [3.63, 3.8) is 0 Å². The lowest BCUT2D eigenvalue weighted by molar-refractivity contribution is 0.0737. The fourth-order valence-electron chi connectivity index (χ4n) is 3.60. The lowest BCUT2D eigenvalue weighted by Crippen LogP contribution is -2.53. The van der Waals surface area contributed by atoms with E-state index in [1.807, 2.05) is 0 Å². The first-order chi connectivity index (χ1) is 11.0. The highest BCUT2D eigenvalue weighted by atomic mass is 127. The summed E-state index contributed by atoms with van der Waals surface area (Å²) in [4.78, 5) is 15.3. The first-order valence-corrected chi connectivity index (χ1v) is 9.73. The maximum absolute atomic E-state index is 12.8. The summed E-state index contributed by atoms with van der Waals surface area (Å²) in [5.41, 5.74) is 7.14. The SMILES string of the molecule is COc1c(C(=O)N[C@H]2CCN3CCC[C@@H]2C3)cc(I)c(N)c1Br. The third-order valence-electron chi connectivity index (χ3n) is 4.84. The molecule has 0 aliphatic carbocycles. The molecule has 1 amide bonds. The van der Waals surface area contributed by atoms with Gasteiger partial charge in [0, 0.05) is 22.7 Å². The van der Waals surface area contributed by atoms with Crippen LogP contribution in [0.25, 0.3) is 0 Å². The molecule has 23 heavy (non-hydrogen) atoms. The second-order valence-electron chi connectivity index (χ2n) is 6.24. The van der Waals surface area contributed by atoms with Crippen LogP contribution < -0.4 is 15.8 Å². The van der Waals surface area contributed by atoms with E-state index in [9.17, 15) is 4.79 Å². The first kappa shape index (κ1) is 17.3. The molecule has 0 spiro atoms. The van der Waals surface area contributed by atoms with Crippen LogP contribution in [0.4, 0.5) is 5.69 Å². The Hall–Kier alpha value is -0.540. The highest BCUT2D eigenvalue weighted by Gasteiger charge is 2.33. The van der Waals surface area contributed by atoms with Crippen molar-refractivity contribution in [3.8, 4) is 5.75 Å². The number of nitrogens with one attached hydrogen (secondary N) is 1. The Bertz CT molecular complexity index is 626. The Kier molecular flexibility index (Phi) is 5.37. The van der Waals surface area contributed by atoms with E-state index >= 15 is 0 Å². The molecule has 1 aromatic carbocycles. The van der Waals surface area contributed by atoms with Crippen molar-refractivity contribution in [1.82, 2.24) is 10.2 Å². The van der Waals surface area contributed by atoms with Crippen molar-refractivity contribution in [2.24, 2.45) is 5.92 Å². The number of nitrogen functional groups attached to an aromatic ring is 1. The zero-order chi connectivity index (χ0) is 16.6. The molecule has 0 radical (unpaired) electrons. The summed E-state index contributed by atoms with van der Waals surface area (Å²) in [7, 11) is 1.56. The maximum Gasteiger partial charge on any atom is 0.255 e. The number of anilines is 1. The number of amides is 1. The van der Waals surface area contributed by atoms with E-state index in [0.29, 0.717) is 27.4 Å². The Morgan fingerprint density at radius 2 is 2.26 bits per heavy atom. The van der Waals surface area contributed by atoms with Gasteiger partial charge >= 0.3 is 0 Å². The molecule has 2 bridgehead atoms. The van der Waals surface area contributed by atoms with Gasteiger partial charge in [-0.3, -0.25) is 4.79 Å². The molecule has 2 saturated heterocycles. The number of nitrogens with two attached hydrogens (primary N) is 1. The molecule has 7 heteroatoms. The van der Waals surface area contributed by atoms with Crippen molar-refractivity contribution in [3.05, 3.63) is 19.7 Å². The van der Waals surface area contributed by atoms with Crippen LogP contribution in [0.15, 0.2) is 10.5 Å². The van der Waals surface area contributed by atoms with Crippen LogP contribution in [0.2, 0.25) is 0 Å². The summed E-state index contributed by atoms with van der Waals surface area (Å²) in [5, 5.41) is 3.23. The number of piperidine rings is 2. The summed E-state index contributed by atoms with van der Waals surface area (Å²) in [6, 6.07) is 2.04. The smallest absolute Gasteiger partial charge is 0.255 e. The number of carbonyl (C=O) groups is 1. The Morgan fingerprint density at radius 1 is 1.48 bits per heavy atom. The molecule has 3 atom stereocenters. The molecule has 126 valence electrons. The molecule has 1 aromatic rings. The predicted molar refractivity (Wildman–Crippen MR) is 103 cm³/mol. The van der Waals surface area contributed by atoms with Crippen LogP contribution in [0.5, 0.6) is 5.75 Å². The van der Waals surface area contributed by atoms with Crippen LogP contribution in [0.1, 0.15) is 29.6 Å². The molecular formula is C16H21BrIN3O2. The quantitative estimate of drug-likeness (QED) is 0.502. The van der Waals surface area contributed by atoms with E-state index in [0.717, 1.165) is 23.1 Å². The lowest BCUT2D eigenvalue weighted by Gasteiger charge is -2.42. The van der Waals surface area contributed by atoms with E-state index in [-0.39, 0.29) is 11.9 Å². The summed E-state index contributed by atoms with van der Waals surface area (Å²) in [6.45, 7) is 3.38. The monoisotopic (exact) mass is 493 g/mol. The Labute approximate surface area is 158 Å². The maximum atomic E-state index is 12.8. The number of methoxy groups -OCH3 is 1. The number of rotatable bonds is 3. The Morgan fingerprint density at radius 3 is 3.00 bits per heavy atom. The standard InChI is InChI=1S/C16H21BrIN3O2/c1-23-15-10(7-11(18)14(19)13(15)17)16(22)20-12-4-6-21-5-2-3-9(12)8-21/h7,9,12H,2-6,8,19H2,1H3,(H,20,22)/t9-,12+/m1/s1. The van der Waals surface area contributed by atoms with E-state index < -0.39 is 0 Å². The molecule has 2 aliphatic rings. The molecule has 0 aromatic heterocycles. The summed E-state index contributed by atoms with van der Waals surface area (Å²) >= 11 is 5.58. The predicted octanol–water partition coefficient (Wildman–Crippen LogP) is 2.86. The average Bonchev–Trinajstić information content (AvgIpc) is 2.55. The highest BCUT2D eigenvalue weighted by molar-refractivity contribution is 14.1. The van der Waals surface area contributed by atoms with Crippen molar-refractivity contribution < 1.29 is 9.53 Å². The zero-order valence-corrected chi connectivity index (χ0v) is 16.8. The van der Waals surface area contributed by atoms with Gasteiger partial charge in [0.25, 0.3) is 5.91 Å². The number of fused-ring (bicyclic) bond motifs is 2. The fourth-order valence-corrected chi connectivity index (χ4v) is 5.14. The van der Waals surface area contributed by atoms with Crippen molar-refractivity contribution in [2.45, 2.75) is 25.3 Å². The molecule has 2 heterocycles. The first-order valence-electron chi connectivity index (χ1n) is 7.86. The average molecular weight is 494 g/mol. The van der Waals surface area contributed by atoms with E-state index in [1.54, 1.807) is 13.2 Å². The van der Waals surface area contributed by atoms with E-state index in [2.05, 4.69) is 48.7 Å². The number of hydrogen-bond donors (Lipinski definition) is 2. The molecule has 5 nitrogen and oxygen atoms in total. The van der Waals surface area contributed by atoms with Gasteiger partial charge in [-0.25, -0.2) is 0 Å². The van der Waals surface area contributed by atoms with Crippen LogP contribution in [0.3, 0.4) is 0 Å². The normalized spacial score (nSPS) is 26.7. The molecule has 2 fully saturated rings. The van der Waals surface area contributed by atoms with Gasteiger partial charge in [-0.05, 0) is 76.3 Å². The van der Waals surface area contributed by atoms with Gasteiger partial charge in [-0.1, -0.05) is 0 Å². The topological polar surface area (TPSA) is 67.6 Å².